The van der Waals surface area contributed by atoms with Gasteiger partial charge in [-0.25, -0.2) is 14.6 Å². The lowest BCUT2D eigenvalue weighted by molar-refractivity contribution is -0.193. The normalized spacial score (nSPS) is 16.6. The highest BCUT2D eigenvalue weighted by molar-refractivity contribution is 7.11. The number of likely N-dealkylation sites (tertiary alicyclic amines) is 1. The number of aliphatic carboxylic acids is 2. The molecule has 0 saturated carbocycles. The summed E-state index contributed by atoms with van der Waals surface area (Å²) in [6, 6.07) is 4.49. The molecule has 8 nitrogen and oxygen atoms in total. The van der Waals surface area contributed by atoms with E-state index in [2.05, 4.69) is 39.6 Å². The Labute approximate surface area is 213 Å². The minimum atomic E-state index is -5.08. The fourth-order valence-corrected chi connectivity index (χ4v) is 4.64. The highest BCUT2D eigenvalue weighted by atomic mass is 32.1. The summed E-state index contributed by atoms with van der Waals surface area (Å²) in [5, 5.41) is 14.2. The van der Waals surface area contributed by atoms with E-state index < -0.39 is 24.3 Å². The molecule has 2 aromatic heterocycles. The molecule has 2 aliphatic heterocycles. The van der Waals surface area contributed by atoms with Gasteiger partial charge in [0.15, 0.2) is 0 Å². The van der Waals surface area contributed by atoms with Gasteiger partial charge in [0, 0.05) is 42.1 Å². The van der Waals surface area contributed by atoms with Crippen LogP contribution in [0.3, 0.4) is 0 Å². The molecule has 0 spiro atoms. The zero-order valence-corrected chi connectivity index (χ0v) is 20.8. The van der Waals surface area contributed by atoms with Crippen molar-refractivity contribution in [2.75, 3.05) is 19.6 Å². The van der Waals surface area contributed by atoms with Crippen LogP contribution in [-0.4, -0.2) is 73.5 Å². The second-order valence-electron chi connectivity index (χ2n) is 8.51. The van der Waals surface area contributed by atoms with E-state index in [4.69, 9.17) is 24.8 Å². The zero-order chi connectivity index (χ0) is 27.8. The van der Waals surface area contributed by atoms with Crippen molar-refractivity contribution in [2.45, 2.75) is 64.7 Å². The molecule has 0 aromatic carbocycles. The van der Waals surface area contributed by atoms with Crippen LogP contribution in [0.25, 0.3) is 0 Å². The molecule has 0 unspecified atom stereocenters. The molecule has 2 aliphatic rings. The van der Waals surface area contributed by atoms with Crippen molar-refractivity contribution >= 4 is 23.3 Å². The van der Waals surface area contributed by atoms with Crippen molar-refractivity contribution in [3.8, 4) is 0 Å². The van der Waals surface area contributed by atoms with Crippen molar-refractivity contribution in [2.24, 2.45) is 0 Å². The van der Waals surface area contributed by atoms with E-state index >= 15 is 0 Å². The quantitative estimate of drug-likeness (QED) is 0.533. The Hall–Kier alpha value is -2.65. The Bertz CT molecular complexity index is 1010. The van der Waals surface area contributed by atoms with Crippen LogP contribution in [0.5, 0.6) is 0 Å². The molecule has 0 amide bonds. The molecule has 15 heteroatoms. The van der Waals surface area contributed by atoms with Gasteiger partial charge in [-0.2, -0.15) is 26.3 Å². The Morgan fingerprint density at radius 2 is 1.46 bits per heavy atom. The van der Waals surface area contributed by atoms with Crippen LogP contribution in [0.2, 0.25) is 0 Å². The van der Waals surface area contributed by atoms with E-state index in [0.717, 1.165) is 32.7 Å². The molecule has 0 radical (unpaired) electrons. The molecule has 37 heavy (non-hydrogen) atoms. The fraction of sp³-hybridized carbons (Fsp3) is 0.591. The number of nitrogens with zero attached hydrogens (tertiary/aromatic N) is 4. The average molecular weight is 559 g/mol. The van der Waals surface area contributed by atoms with Crippen LogP contribution in [0.15, 0.2) is 18.3 Å². The summed E-state index contributed by atoms with van der Waals surface area (Å²) in [7, 11) is 0. The second kappa shape index (κ2) is 13.2. The minimum absolute atomic E-state index is 0.983. The van der Waals surface area contributed by atoms with Gasteiger partial charge in [0.05, 0.1) is 12.2 Å². The summed E-state index contributed by atoms with van der Waals surface area (Å²) in [5.74, 6) is -4.27. The second-order valence-corrected chi connectivity index (χ2v) is 9.88. The number of rotatable bonds is 4. The van der Waals surface area contributed by atoms with Gasteiger partial charge in [0.2, 0.25) is 0 Å². The first-order valence-electron chi connectivity index (χ1n) is 11.3. The molecule has 0 bridgehead atoms. The third-order valence-corrected chi connectivity index (χ3v) is 6.41. The largest absolute Gasteiger partial charge is 0.490 e. The first kappa shape index (κ1) is 30.6. The Kier molecular flexibility index (Phi) is 10.9. The van der Waals surface area contributed by atoms with Gasteiger partial charge in [-0.15, -0.1) is 11.3 Å². The number of halogens is 6. The first-order chi connectivity index (χ1) is 17.1. The Balaban J connectivity index is 0.000000286. The predicted octanol–water partition coefficient (Wildman–Crippen LogP) is 4.52. The number of aryl methyl sites for hydroxylation is 1. The number of hydrogen-bond acceptors (Lipinski definition) is 6. The zero-order valence-electron chi connectivity index (χ0n) is 20.0. The lowest BCUT2D eigenvalue weighted by Crippen LogP contribution is -2.32. The summed E-state index contributed by atoms with van der Waals surface area (Å²) < 4.78 is 65.8. The van der Waals surface area contributed by atoms with E-state index in [1.165, 1.54) is 53.6 Å². The lowest BCUT2D eigenvalue weighted by Gasteiger charge is -2.26. The highest BCUT2D eigenvalue weighted by Crippen LogP contribution is 2.21. The van der Waals surface area contributed by atoms with Crippen LogP contribution >= 0.6 is 11.3 Å². The summed E-state index contributed by atoms with van der Waals surface area (Å²) in [4.78, 5) is 30.7. The maximum Gasteiger partial charge on any atom is 0.490 e. The van der Waals surface area contributed by atoms with Gasteiger partial charge >= 0.3 is 24.3 Å². The first-order valence-corrected chi connectivity index (χ1v) is 12.1. The molecule has 4 heterocycles. The maximum atomic E-state index is 10.6. The summed E-state index contributed by atoms with van der Waals surface area (Å²) >= 11 is 1.92. The molecule has 0 aliphatic carbocycles. The molecule has 208 valence electrons. The number of alkyl halides is 6. The monoisotopic (exact) mass is 558 g/mol. The van der Waals surface area contributed by atoms with Gasteiger partial charge in [-0.05, 0) is 45.0 Å². The van der Waals surface area contributed by atoms with Crippen molar-refractivity contribution < 1.29 is 46.1 Å². The lowest BCUT2D eigenvalue weighted by atomic mass is 10.1. The smallest absolute Gasteiger partial charge is 0.475 e. The minimum Gasteiger partial charge on any atom is -0.475 e. The summed E-state index contributed by atoms with van der Waals surface area (Å²) in [6.07, 6.45) is -3.78. The van der Waals surface area contributed by atoms with Gasteiger partial charge in [0.1, 0.15) is 5.82 Å². The van der Waals surface area contributed by atoms with Gasteiger partial charge in [0.25, 0.3) is 0 Å². The molecular weight excluding hydrogens is 530 g/mol. The Morgan fingerprint density at radius 1 is 0.892 bits per heavy atom. The molecule has 0 atom stereocenters. The highest BCUT2D eigenvalue weighted by Gasteiger charge is 2.38. The number of imidazole rings is 1. The third-order valence-electron chi connectivity index (χ3n) is 5.43. The number of hydrogen-bond donors (Lipinski definition) is 2. The number of carbonyl (C=O) groups is 2. The number of thiophene rings is 1. The molecule has 4 rings (SSSR count). The van der Waals surface area contributed by atoms with Gasteiger partial charge < -0.3 is 14.8 Å². The average Bonchev–Trinajstić information content (AvgIpc) is 3.38. The molecule has 2 N–H and O–H groups in total. The van der Waals surface area contributed by atoms with Gasteiger partial charge in [-0.3, -0.25) is 9.80 Å². The molecular formula is C22H28F6N4O4S. The van der Waals surface area contributed by atoms with E-state index in [9.17, 15) is 26.3 Å². The van der Waals surface area contributed by atoms with Gasteiger partial charge in [-0.1, -0.05) is 6.42 Å². The van der Waals surface area contributed by atoms with Crippen LogP contribution in [0, 0.1) is 6.92 Å². The number of aromatic nitrogens is 2. The van der Waals surface area contributed by atoms with E-state index in [1.54, 1.807) is 0 Å². The van der Waals surface area contributed by atoms with Crippen molar-refractivity contribution in [3.63, 3.8) is 0 Å². The maximum absolute atomic E-state index is 10.6. The number of fused-ring (bicyclic) bond motifs is 1. The third kappa shape index (κ3) is 10.7. The standard InChI is InChI=1S/C18H26N4S.2C2HF3O2/c1-15-5-6-17(23-15)13-21-9-10-22-12-16(19-18(22)14-21)11-20-7-3-2-4-8-20;2*3-2(4,5)1(6)7/h5-6,12H,2-4,7-11,13-14H2,1H3;2*(H,6,7). The van der Waals surface area contributed by atoms with E-state index in [0.29, 0.717) is 0 Å². The number of piperidine rings is 1. The van der Waals surface area contributed by atoms with Crippen molar-refractivity contribution in [3.05, 3.63) is 39.6 Å². The number of carboxylic acids is 2. The van der Waals surface area contributed by atoms with E-state index in [-0.39, 0.29) is 0 Å². The fourth-order valence-electron chi connectivity index (χ4n) is 3.71. The molecule has 1 fully saturated rings. The van der Waals surface area contributed by atoms with E-state index in [1.807, 2.05) is 11.3 Å². The predicted molar refractivity (Wildman–Crippen MR) is 122 cm³/mol. The van der Waals surface area contributed by atoms with Crippen molar-refractivity contribution in [1.29, 1.82) is 0 Å². The van der Waals surface area contributed by atoms with Crippen LogP contribution in [-0.2, 0) is 35.8 Å². The van der Waals surface area contributed by atoms with Crippen molar-refractivity contribution in [1.82, 2.24) is 19.4 Å². The molecule has 1 saturated heterocycles. The van der Waals surface area contributed by atoms with Crippen LogP contribution in [0.4, 0.5) is 26.3 Å². The van der Waals surface area contributed by atoms with Crippen LogP contribution < -0.4 is 0 Å². The SMILES string of the molecule is Cc1ccc(CN2CCn3cc(CN4CCCCC4)nc3C2)s1.O=C(O)C(F)(F)F.O=C(O)C(F)(F)F. The summed E-state index contributed by atoms with van der Waals surface area (Å²) in [5.41, 5.74) is 1.26. The number of carboxylic acid groups (broad SMARTS) is 2. The Morgan fingerprint density at radius 3 is 1.95 bits per heavy atom. The summed E-state index contributed by atoms with van der Waals surface area (Å²) in [6.45, 7) is 9.95. The molecule has 2 aromatic rings. The van der Waals surface area contributed by atoms with Crippen LogP contribution in [0.1, 0.15) is 40.5 Å². The topological polar surface area (TPSA) is 98.9 Å².